The van der Waals surface area contributed by atoms with Gasteiger partial charge in [-0.2, -0.15) is 0 Å². The van der Waals surface area contributed by atoms with Crippen LogP contribution in [0.25, 0.3) is 76.9 Å². The highest BCUT2D eigenvalue weighted by molar-refractivity contribution is 6.09. The molecule has 9 aromatic carbocycles. The fourth-order valence-electron chi connectivity index (χ4n) is 7.55. The van der Waals surface area contributed by atoms with Crippen LogP contribution in [0.3, 0.4) is 0 Å². The summed E-state index contributed by atoms with van der Waals surface area (Å²) >= 11 is 0. The van der Waals surface area contributed by atoms with Crippen molar-refractivity contribution in [1.29, 1.82) is 0 Å². The monoisotopic (exact) mass is 663 g/mol. The van der Waals surface area contributed by atoms with Gasteiger partial charge in [-0.3, -0.25) is 0 Å². The highest BCUT2D eigenvalue weighted by Gasteiger charge is 2.16. The number of hydrogen-bond acceptors (Lipinski definition) is 2. The average Bonchev–Trinajstić information content (AvgIpc) is 3.60. The van der Waals surface area contributed by atoms with Crippen LogP contribution in [0.15, 0.2) is 205 Å². The highest BCUT2D eigenvalue weighted by Crippen LogP contribution is 2.40. The molecule has 0 saturated carbocycles. The minimum absolute atomic E-state index is 0.911. The largest absolute Gasteiger partial charge is 0.455 e. The van der Waals surface area contributed by atoms with Crippen LogP contribution in [0, 0.1) is 0 Å². The molecule has 0 fully saturated rings. The minimum atomic E-state index is 0.911. The summed E-state index contributed by atoms with van der Waals surface area (Å²) in [5, 5.41) is 7.23. The van der Waals surface area contributed by atoms with E-state index < -0.39 is 0 Å². The lowest BCUT2D eigenvalue weighted by atomic mass is 9.98. The van der Waals surface area contributed by atoms with Gasteiger partial charge in [0, 0.05) is 33.4 Å². The number of nitrogens with zero attached hydrogens (tertiary/aromatic N) is 1. The van der Waals surface area contributed by atoms with Crippen molar-refractivity contribution in [2.75, 3.05) is 4.90 Å². The Labute approximate surface area is 302 Å². The predicted molar refractivity (Wildman–Crippen MR) is 220 cm³/mol. The maximum absolute atomic E-state index is 6.38. The lowest BCUT2D eigenvalue weighted by Crippen LogP contribution is -2.09. The second kappa shape index (κ2) is 12.5. The number of para-hydroxylation sites is 2. The zero-order valence-corrected chi connectivity index (χ0v) is 28.4. The molecule has 1 heterocycles. The first-order valence-corrected chi connectivity index (χ1v) is 17.7. The molecule has 10 aromatic rings. The van der Waals surface area contributed by atoms with E-state index in [1.165, 1.54) is 43.8 Å². The molecule has 0 aliphatic heterocycles. The summed E-state index contributed by atoms with van der Waals surface area (Å²) < 4.78 is 6.38. The van der Waals surface area contributed by atoms with E-state index in [-0.39, 0.29) is 0 Å². The Bertz CT molecular complexity index is 2880. The molecule has 0 atom stereocenters. The number of benzene rings is 9. The van der Waals surface area contributed by atoms with Crippen molar-refractivity contribution in [3.63, 3.8) is 0 Å². The maximum atomic E-state index is 6.38. The molecule has 0 aliphatic rings. The SMILES string of the molecule is c1ccc2cc(-c3ccc(-c4ccc(N(c5ccc(-c6cccc7c6oc6ccccc67)cc5)c5ccc6ccccc6c5)cc4)cc3)ccc2c1. The van der Waals surface area contributed by atoms with Crippen molar-refractivity contribution in [2.24, 2.45) is 0 Å². The van der Waals surface area contributed by atoms with Crippen molar-refractivity contribution < 1.29 is 4.42 Å². The summed E-state index contributed by atoms with van der Waals surface area (Å²) in [5.41, 5.74) is 12.2. The van der Waals surface area contributed by atoms with E-state index in [0.717, 1.165) is 50.1 Å². The van der Waals surface area contributed by atoms with Gasteiger partial charge in [-0.1, -0.05) is 152 Å². The third-order valence-electron chi connectivity index (χ3n) is 10.3. The number of anilines is 3. The second-order valence-electron chi connectivity index (χ2n) is 13.4. The first-order valence-electron chi connectivity index (χ1n) is 17.7. The van der Waals surface area contributed by atoms with Crippen molar-refractivity contribution in [3.8, 4) is 33.4 Å². The van der Waals surface area contributed by atoms with Crippen LogP contribution < -0.4 is 4.90 Å². The summed E-state index contributed by atoms with van der Waals surface area (Å²) in [6.45, 7) is 0. The molecule has 2 heteroatoms. The molecular weight excluding hydrogens is 631 g/mol. The summed E-state index contributed by atoms with van der Waals surface area (Å²) in [6, 6.07) is 71.7. The molecule has 2 nitrogen and oxygen atoms in total. The Hall–Kier alpha value is -6.90. The Morgan fingerprint density at radius 2 is 0.788 bits per heavy atom. The van der Waals surface area contributed by atoms with Crippen LogP contribution in [-0.2, 0) is 0 Å². The van der Waals surface area contributed by atoms with Crippen molar-refractivity contribution >= 4 is 60.5 Å². The van der Waals surface area contributed by atoms with Gasteiger partial charge in [-0.25, -0.2) is 0 Å². The average molecular weight is 664 g/mol. The molecule has 0 bridgehead atoms. The number of rotatable bonds is 6. The number of furan rings is 1. The van der Waals surface area contributed by atoms with E-state index in [4.69, 9.17) is 4.42 Å². The predicted octanol–water partition coefficient (Wildman–Crippen LogP) is 14.4. The van der Waals surface area contributed by atoms with E-state index in [9.17, 15) is 0 Å². The minimum Gasteiger partial charge on any atom is -0.455 e. The van der Waals surface area contributed by atoms with E-state index >= 15 is 0 Å². The maximum Gasteiger partial charge on any atom is 0.143 e. The van der Waals surface area contributed by atoms with Crippen LogP contribution in [0.5, 0.6) is 0 Å². The fraction of sp³-hybridized carbons (Fsp3) is 0. The van der Waals surface area contributed by atoms with Gasteiger partial charge >= 0.3 is 0 Å². The van der Waals surface area contributed by atoms with E-state index in [1.807, 2.05) is 12.1 Å². The van der Waals surface area contributed by atoms with Crippen LogP contribution in [-0.4, -0.2) is 0 Å². The zero-order chi connectivity index (χ0) is 34.4. The Kier molecular flexibility index (Phi) is 7.18. The van der Waals surface area contributed by atoms with E-state index in [0.29, 0.717) is 0 Å². The zero-order valence-electron chi connectivity index (χ0n) is 28.4. The summed E-state index contributed by atoms with van der Waals surface area (Å²) in [6.07, 6.45) is 0. The fourth-order valence-corrected chi connectivity index (χ4v) is 7.55. The van der Waals surface area contributed by atoms with Crippen molar-refractivity contribution in [1.82, 2.24) is 0 Å². The third-order valence-corrected chi connectivity index (χ3v) is 10.3. The normalized spacial score (nSPS) is 11.5. The second-order valence-corrected chi connectivity index (χ2v) is 13.4. The van der Waals surface area contributed by atoms with Gasteiger partial charge in [0.05, 0.1) is 0 Å². The van der Waals surface area contributed by atoms with Crippen molar-refractivity contribution in [2.45, 2.75) is 0 Å². The molecule has 0 N–H and O–H groups in total. The number of hydrogen-bond donors (Lipinski definition) is 0. The summed E-state index contributed by atoms with van der Waals surface area (Å²) in [5.74, 6) is 0. The molecule has 0 spiro atoms. The Morgan fingerprint density at radius 1 is 0.308 bits per heavy atom. The van der Waals surface area contributed by atoms with E-state index in [1.54, 1.807) is 0 Å². The molecule has 0 amide bonds. The van der Waals surface area contributed by atoms with Crippen LogP contribution in [0.1, 0.15) is 0 Å². The summed E-state index contributed by atoms with van der Waals surface area (Å²) in [7, 11) is 0. The standard InChI is InChI=1S/C50H33NO/c1-3-10-40-32-42(21-20-34(40)8-1)38-18-16-36(17-19-38)37-22-27-43(28-23-37)51(45-31-24-35-9-2-4-11-41(35)33-45)44-29-25-39(26-30-44)46-13-7-14-48-47-12-5-6-15-49(47)52-50(46)48/h1-33H. The topological polar surface area (TPSA) is 16.4 Å². The van der Waals surface area contributed by atoms with Gasteiger partial charge < -0.3 is 9.32 Å². The lowest BCUT2D eigenvalue weighted by Gasteiger charge is -2.26. The molecule has 0 unspecified atom stereocenters. The molecule has 0 radical (unpaired) electrons. The molecule has 0 saturated heterocycles. The first-order chi connectivity index (χ1) is 25.7. The molecule has 244 valence electrons. The van der Waals surface area contributed by atoms with Gasteiger partial charge in [0.2, 0.25) is 0 Å². The molecular formula is C50H33NO. The Balaban J connectivity index is 1.00. The Morgan fingerprint density at radius 3 is 1.48 bits per heavy atom. The van der Waals surface area contributed by atoms with Crippen LogP contribution in [0.4, 0.5) is 17.1 Å². The van der Waals surface area contributed by atoms with Gasteiger partial charge in [-0.05, 0) is 97.9 Å². The van der Waals surface area contributed by atoms with E-state index in [2.05, 4.69) is 193 Å². The third kappa shape index (κ3) is 5.30. The molecule has 0 aliphatic carbocycles. The van der Waals surface area contributed by atoms with Gasteiger partial charge in [0.15, 0.2) is 0 Å². The first kappa shape index (κ1) is 30.0. The van der Waals surface area contributed by atoms with Crippen LogP contribution >= 0.6 is 0 Å². The summed E-state index contributed by atoms with van der Waals surface area (Å²) in [4.78, 5) is 2.34. The van der Waals surface area contributed by atoms with Gasteiger partial charge in [-0.15, -0.1) is 0 Å². The smallest absolute Gasteiger partial charge is 0.143 e. The number of fused-ring (bicyclic) bond motifs is 5. The van der Waals surface area contributed by atoms with Gasteiger partial charge in [0.25, 0.3) is 0 Å². The molecule has 52 heavy (non-hydrogen) atoms. The lowest BCUT2D eigenvalue weighted by molar-refractivity contribution is 0.670. The van der Waals surface area contributed by atoms with Crippen molar-refractivity contribution in [3.05, 3.63) is 200 Å². The quantitative estimate of drug-likeness (QED) is 0.176. The van der Waals surface area contributed by atoms with Crippen LogP contribution in [0.2, 0.25) is 0 Å². The molecule has 10 rings (SSSR count). The highest BCUT2D eigenvalue weighted by atomic mass is 16.3. The molecule has 1 aromatic heterocycles. The van der Waals surface area contributed by atoms with Gasteiger partial charge in [0.1, 0.15) is 11.2 Å².